The minimum Gasteiger partial charge on any atom is -0.459 e. The number of halogens is 3. The first-order chi connectivity index (χ1) is 14.8. The third kappa shape index (κ3) is 4.41. The molecule has 1 unspecified atom stereocenters. The van der Waals surface area contributed by atoms with Crippen molar-refractivity contribution in [2.75, 3.05) is 18.4 Å². The van der Waals surface area contributed by atoms with Crippen molar-refractivity contribution >= 4 is 22.2 Å². The lowest BCUT2D eigenvalue weighted by atomic mass is 9.94. The number of likely N-dealkylation sites (tertiary alicyclic amines) is 1. The van der Waals surface area contributed by atoms with Crippen molar-refractivity contribution in [2.45, 2.75) is 38.9 Å². The topological polar surface area (TPSA) is 45.5 Å². The van der Waals surface area contributed by atoms with E-state index in [1.165, 1.54) is 17.6 Å². The predicted octanol–water partition coefficient (Wildman–Crippen LogP) is 6.41. The molecular weight excluding hydrogens is 425 g/mol. The number of thiophene rings is 1. The largest absolute Gasteiger partial charge is 0.459 e. The maximum absolute atomic E-state index is 13.1. The number of alkyl halides is 3. The van der Waals surface area contributed by atoms with Crippen LogP contribution in [0.25, 0.3) is 0 Å². The molecule has 1 atom stereocenters. The van der Waals surface area contributed by atoms with Gasteiger partial charge in [0, 0.05) is 10.4 Å². The standard InChI is InChI=1S/C23H23F3N2O2S/c1-14-15(2)31-22(27-21(29)18-6-5-13-30-18)19(14)20(28-11-3-4-12-28)16-7-9-17(10-8-16)23(24,25)26/h5-10,13,20H,3-4,11-12H2,1-2H3,(H,27,29). The summed E-state index contributed by atoms with van der Waals surface area (Å²) in [6.45, 7) is 5.69. The Morgan fingerprint density at radius 3 is 2.39 bits per heavy atom. The summed E-state index contributed by atoms with van der Waals surface area (Å²) in [7, 11) is 0. The van der Waals surface area contributed by atoms with E-state index in [-0.39, 0.29) is 17.7 Å². The van der Waals surface area contributed by atoms with Gasteiger partial charge in [0.1, 0.15) is 5.00 Å². The molecule has 3 heterocycles. The quantitative estimate of drug-likeness (QED) is 0.490. The molecule has 0 radical (unpaired) electrons. The molecule has 0 bridgehead atoms. The number of amides is 1. The highest BCUT2D eigenvalue weighted by Crippen LogP contribution is 2.43. The van der Waals surface area contributed by atoms with E-state index >= 15 is 0 Å². The van der Waals surface area contributed by atoms with E-state index in [2.05, 4.69) is 10.2 Å². The Morgan fingerprint density at radius 1 is 1.13 bits per heavy atom. The van der Waals surface area contributed by atoms with Crippen molar-refractivity contribution < 1.29 is 22.4 Å². The van der Waals surface area contributed by atoms with Gasteiger partial charge in [0.2, 0.25) is 0 Å². The van der Waals surface area contributed by atoms with Crippen LogP contribution in [0.1, 0.15) is 56.6 Å². The highest BCUT2D eigenvalue weighted by atomic mass is 32.1. The van der Waals surface area contributed by atoms with E-state index in [1.54, 1.807) is 24.3 Å². The SMILES string of the molecule is Cc1sc(NC(=O)c2ccco2)c(C(c2ccc(C(F)(F)F)cc2)N2CCCC2)c1C. The molecule has 1 fully saturated rings. The van der Waals surface area contributed by atoms with Gasteiger partial charge in [-0.25, -0.2) is 0 Å². The van der Waals surface area contributed by atoms with Crippen molar-refractivity contribution in [3.8, 4) is 0 Å². The molecule has 1 aromatic carbocycles. The summed E-state index contributed by atoms with van der Waals surface area (Å²) in [5.41, 5.74) is 2.09. The van der Waals surface area contributed by atoms with E-state index in [9.17, 15) is 18.0 Å². The second-order valence-corrected chi connectivity index (χ2v) is 8.95. The zero-order valence-electron chi connectivity index (χ0n) is 17.3. The first-order valence-electron chi connectivity index (χ1n) is 10.1. The third-order valence-electron chi connectivity index (χ3n) is 5.74. The van der Waals surface area contributed by atoms with Gasteiger partial charge in [-0.15, -0.1) is 11.3 Å². The van der Waals surface area contributed by atoms with Crippen molar-refractivity contribution in [1.29, 1.82) is 0 Å². The Kier molecular flexibility index (Phi) is 5.94. The van der Waals surface area contributed by atoms with E-state index in [0.717, 1.165) is 59.6 Å². The fraction of sp³-hybridized carbons (Fsp3) is 0.348. The summed E-state index contributed by atoms with van der Waals surface area (Å²) in [6, 6.07) is 8.38. The van der Waals surface area contributed by atoms with Crippen molar-refractivity contribution in [3.05, 3.63) is 75.6 Å². The smallest absolute Gasteiger partial charge is 0.416 e. The summed E-state index contributed by atoms with van der Waals surface area (Å²) in [6.07, 6.45) is -0.866. The average Bonchev–Trinajstić information content (AvgIpc) is 3.48. The lowest BCUT2D eigenvalue weighted by Gasteiger charge is -2.30. The van der Waals surface area contributed by atoms with Crippen LogP contribution in [0.5, 0.6) is 0 Å². The van der Waals surface area contributed by atoms with Gasteiger partial charge in [-0.3, -0.25) is 9.69 Å². The summed E-state index contributed by atoms with van der Waals surface area (Å²) >= 11 is 1.48. The molecular formula is C23H23F3N2O2S. The summed E-state index contributed by atoms with van der Waals surface area (Å²) in [5, 5.41) is 3.67. The lowest BCUT2D eigenvalue weighted by Crippen LogP contribution is -2.28. The number of nitrogens with one attached hydrogen (secondary N) is 1. The number of hydrogen-bond acceptors (Lipinski definition) is 4. The minimum absolute atomic E-state index is 0.210. The molecule has 164 valence electrons. The number of carbonyl (C=O) groups excluding carboxylic acids is 1. The number of carbonyl (C=O) groups is 1. The van der Waals surface area contributed by atoms with Gasteiger partial charge in [0.05, 0.1) is 17.9 Å². The summed E-state index contributed by atoms with van der Waals surface area (Å²) < 4.78 is 44.5. The van der Waals surface area contributed by atoms with Gasteiger partial charge < -0.3 is 9.73 Å². The molecule has 0 spiro atoms. The van der Waals surface area contributed by atoms with E-state index in [4.69, 9.17) is 4.42 Å². The van der Waals surface area contributed by atoms with Crippen LogP contribution in [0.2, 0.25) is 0 Å². The maximum atomic E-state index is 13.1. The van der Waals surface area contributed by atoms with Crippen LogP contribution >= 0.6 is 11.3 Å². The molecule has 31 heavy (non-hydrogen) atoms. The molecule has 0 aliphatic carbocycles. The van der Waals surface area contributed by atoms with Crippen LogP contribution < -0.4 is 5.32 Å². The normalized spacial score (nSPS) is 15.9. The second kappa shape index (κ2) is 8.51. The van der Waals surface area contributed by atoms with E-state index < -0.39 is 11.7 Å². The Balaban J connectivity index is 1.76. The zero-order valence-corrected chi connectivity index (χ0v) is 18.1. The fourth-order valence-corrected chi connectivity index (χ4v) is 5.14. The third-order valence-corrected chi connectivity index (χ3v) is 6.88. The number of furan rings is 1. The van der Waals surface area contributed by atoms with Gasteiger partial charge >= 0.3 is 6.18 Å². The van der Waals surface area contributed by atoms with Crippen molar-refractivity contribution in [1.82, 2.24) is 4.90 Å². The van der Waals surface area contributed by atoms with Crippen LogP contribution in [0.3, 0.4) is 0 Å². The molecule has 2 aromatic heterocycles. The zero-order chi connectivity index (χ0) is 22.2. The number of anilines is 1. The first-order valence-corrected chi connectivity index (χ1v) is 10.9. The highest BCUT2D eigenvalue weighted by molar-refractivity contribution is 7.16. The summed E-state index contributed by atoms with van der Waals surface area (Å²) in [4.78, 5) is 16.0. The van der Waals surface area contributed by atoms with Crippen LogP contribution in [-0.2, 0) is 6.18 Å². The van der Waals surface area contributed by atoms with Gasteiger partial charge in [-0.05, 0) is 75.2 Å². The van der Waals surface area contributed by atoms with Crippen LogP contribution in [-0.4, -0.2) is 23.9 Å². The molecule has 1 amide bonds. The number of hydrogen-bond donors (Lipinski definition) is 1. The molecule has 1 N–H and O–H groups in total. The van der Waals surface area contributed by atoms with Crippen LogP contribution in [0, 0.1) is 13.8 Å². The van der Waals surface area contributed by atoms with Crippen LogP contribution in [0.15, 0.2) is 47.1 Å². The molecule has 1 saturated heterocycles. The Morgan fingerprint density at radius 2 is 1.81 bits per heavy atom. The minimum atomic E-state index is -4.38. The molecule has 4 nitrogen and oxygen atoms in total. The monoisotopic (exact) mass is 448 g/mol. The van der Waals surface area contributed by atoms with Crippen LogP contribution in [0.4, 0.5) is 18.2 Å². The number of benzene rings is 1. The van der Waals surface area contributed by atoms with Gasteiger partial charge in [-0.1, -0.05) is 12.1 Å². The van der Waals surface area contributed by atoms with E-state index in [1.807, 2.05) is 13.8 Å². The average molecular weight is 449 g/mol. The maximum Gasteiger partial charge on any atom is 0.416 e. The number of nitrogens with zero attached hydrogens (tertiary/aromatic N) is 1. The molecule has 0 saturated carbocycles. The predicted molar refractivity (Wildman–Crippen MR) is 115 cm³/mol. The Labute approximate surface area is 182 Å². The van der Waals surface area contributed by atoms with Crippen molar-refractivity contribution in [3.63, 3.8) is 0 Å². The second-order valence-electron chi connectivity index (χ2n) is 7.72. The number of aryl methyl sites for hydroxylation is 1. The fourth-order valence-electron chi connectivity index (χ4n) is 4.05. The Bertz CT molecular complexity index is 1050. The summed E-state index contributed by atoms with van der Waals surface area (Å²) in [5.74, 6) is -0.137. The molecule has 8 heteroatoms. The van der Waals surface area contributed by atoms with Crippen molar-refractivity contribution in [2.24, 2.45) is 0 Å². The highest BCUT2D eigenvalue weighted by Gasteiger charge is 2.33. The molecule has 1 aliphatic rings. The van der Waals surface area contributed by atoms with Gasteiger partial charge in [-0.2, -0.15) is 13.2 Å². The molecule has 3 aromatic rings. The van der Waals surface area contributed by atoms with E-state index in [0.29, 0.717) is 5.00 Å². The molecule has 1 aliphatic heterocycles. The first kappa shape index (κ1) is 21.6. The van der Waals surface area contributed by atoms with Gasteiger partial charge in [0.25, 0.3) is 5.91 Å². The lowest BCUT2D eigenvalue weighted by molar-refractivity contribution is -0.137. The molecule has 4 rings (SSSR count). The number of rotatable bonds is 5. The van der Waals surface area contributed by atoms with Gasteiger partial charge in [0.15, 0.2) is 5.76 Å². The Hall–Kier alpha value is -2.58.